The fourth-order valence-electron chi connectivity index (χ4n) is 1.46. The molecule has 1 aliphatic rings. The minimum Gasteiger partial charge on any atom is -0.464 e. The van der Waals surface area contributed by atoms with Gasteiger partial charge in [0.1, 0.15) is 10.4 Å². The SMILES string of the molecule is COC(=O)c1nc2n(c1Br)CCNC2. The van der Waals surface area contributed by atoms with Crippen molar-refractivity contribution in [1.29, 1.82) is 0 Å². The molecule has 2 rings (SSSR count). The number of hydrogen-bond donors (Lipinski definition) is 1. The third-order valence-electron chi connectivity index (χ3n) is 2.16. The highest BCUT2D eigenvalue weighted by molar-refractivity contribution is 9.10. The summed E-state index contributed by atoms with van der Waals surface area (Å²) in [7, 11) is 1.35. The Balaban J connectivity index is 2.43. The molecular formula is C8H10BrN3O2. The van der Waals surface area contributed by atoms with E-state index in [1.165, 1.54) is 7.11 Å². The lowest BCUT2D eigenvalue weighted by Crippen LogP contribution is -2.28. The highest BCUT2D eigenvalue weighted by Crippen LogP contribution is 2.20. The average molecular weight is 260 g/mol. The monoisotopic (exact) mass is 259 g/mol. The molecule has 0 amide bonds. The number of carbonyl (C=O) groups is 1. The Labute approximate surface area is 89.6 Å². The highest BCUT2D eigenvalue weighted by Gasteiger charge is 2.22. The number of nitrogens with zero attached hydrogens (tertiary/aromatic N) is 2. The maximum atomic E-state index is 11.3. The average Bonchev–Trinajstić information content (AvgIpc) is 2.56. The van der Waals surface area contributed by atoms with Gasteiger partial charge in [-0.3, -0.25) is 0 Å². The molecule has 0 saturated carbocycles. The molecule has 0 spiro atoms. The van der Waals surface area contributed by atoms with Crippen LogP contribution in [0.1, 0.15) is 16.3 Å². The quantitative estimate of drug-likeness (QED) is 0.748. The number of halogens is 1. The van der Waals surface area contributed by atoms with Crippen LogP contribution in [-0.2, 0) is 17.8 Å². The van der Waals surface area contributed by atoms with Crippen molar-refractivity contribution in [2.45, 2.75) is 13.1 Å². The summed E-state index contributed by atoms with van der Waals surface area (Å²) in [5.74, 6) is 0.460. The van der Waals surface area contributed by atoms with Crippen molar-refractivity contribution >= 4 is 21.9 Å². The van der Waals surface area contributed by atoms with E-state index in [9.17, 15) is 4.79 Å². The van der Waals surface area contributed by atoms with E-state index in [1.54, 1.807) is 0 Å². The van der Waals surface area contributed by atoms with E-state index < -0.39 is 5.97 Å². The number of methoxy groups -OCH3 is 1. The number of aromatic nitrogens is 2. The second-order valence-corrected chi connectivity index (χ2v) is 3.74. The van der Waals surface area contributed by atoms with Crippen LogP contribution in [0.4, 0.5) is 0 Å². The molecule has 76 valence electrons. The van der Waals surface area contributed by atoms with Crippen LogP contribution in [0.5, 0.6) is 0 Å². The number of rotatable bonds is 1. The molecule has 0 bridgehead atoms. The molecule has 0 aromatic carbocycles. The first-order valence-corrected chi connectivity index (χ1v) is 5.07. The predicted octanol–water partition coefficient (Wildman–Crippen LogP) is 0.535. The lowest BCUT2D eigenvalue weighted by molar-refractivity contribution is 0.0593. The van der Waals surface area contributed by atoms with Gasteiger partial charge in [-0.2, -0.15) is 0 Å². The van der Waals surface area contributed by atoms with Gasteiger partial charge in [-0.25, -0.2) is 9.78 Å². The molecule has 0 atom stereocenters. The Morgan fingerprint density at radius 3 is 3.14 bits per heavy atom. The second kappa shape index (κ2) is 3.70. The summed E-state index contributed by atoms with van der Waals surface area (Å²) < 4.78 is 7.31. The van der Waals surface area contributed by atoms with Crippen LogP contribution in [0.3, 0.4) is 0 Å². The fraction of sp³-hybridized carbons (Fsp3) is 0.500. The van der Waals surface area contributed by atoms with E-state index in [0.717, 1.165) is 18.9 Å². The Morgan fingerprint density at radius 2 is 2.50 bits per heavy atom. The van der Waals surface area contributed by atoms with Crippen LogP contribution >= 0.6 is 15.9 Å². The van der Waals surface area contributed by atoms with Crippen molar-refractivity contribution < 1.29 is 9.53 Å². The van der Waals surface area contributed by atoms with E-state index in [0.29, 0.717) is 16.8 Å². The fourth-order valence-corrected chi connectivity index (χ4v) is 2.09. The molecule has 0 fully saturated rings. The maximum absolute atomic E-state index is 11.3. The minimum absolute atomic E-state index is 0.353. The van der Waals surface area contributed by atoms with Crippen LogP contribution < -0.4 is 5.32 Å². The Hall–Kier alpha value is -0.880. The number of ether oxygens (including phenoxy) is 1. The highest BCUT2D eigenvalue weighted by atomic mass is 79.9. The Morgan fingerprint density at radius 1 is 1.71 bits per heavy atom. The van der Waals surface area contributed by atoms with Crippen molar-refractivity contribution in [3.05, 3.63) is 16.1 Å². The van der Waals surface area contributed by atoms with Gasteiger partial charge in [0.05, 0.1) is 13.7 Å². The zero-order valence-corrected chi connectivity index (χ0v) is 9.30. The van der Waals surface area contributed by atoms with Crippen molar-refractivity contribution in [3.63, 3.8) is 0 Å². The van der Waals surface area contributed by atoms with Gasteiger partial charge >= 0.3 is 5.97 Å². The summed E-state index contributed by atoms with van der Waals surface area (Å²) in [4.78, 5) is 15.5. The van der Waals surface area contributed by atoms with Crippen molar-refractivity contribution in [2.24, 2.45) is 0 Å². The Bertz CT molecular complexity index is 375. The molecule has 6 heteroatoms. The number of imidazole rings is 1. The van der Waals surface area contributed by atoms with Crippen molar-refractivity contribution in [3.8, 4) is 0 Å². The topological polar surface area (TPSA) is 56.1 Å². The van der Waals surface area contributed by atoms with Crippen LogP contribution in [0.25, 0.3) is 0 Å². The lowest BCUT2D eigenvalue weighted by Gasteiger charge is -2.15. The summed E-state index contributed by atoms with van der Waals surface area (Å²) in [5, 5.41) is 3.18. The standard InChI is InChI=1S/C8H10BrN3O2/c1-14-8(13)6-7(9)12-3-2-10-4-5(12)11-6/h10H,2-4H2,1H3. The van der Waals surface area contributed by atoms with Gasteiger partial charge < -0.3 is 14.6 Å². The first-order valence-electron chi connectivity index (χ1n) is 4.28. The van der Waals surface area contributed by atoms with Gasteiger partial charge in [-0.1, -0.05) is 0 Å². The van der Waals surface area contributed by atoms with Gasteiger partial charge in [0, 0.05) is 13.1 Å². The zero-order valence-electron chi connectivity index (χ0n) is 7.71. The predicted molar refractivity (Wildman–Crippen MR) is 53.0 cm³/mol. The van der Waals surface area contributed by atoms with Crippen LogP contribution in [-0.4, -0.2) is 29.2 Å². The number of nitrogens with one attached hydrogen (secondary N) is 1. The molecule has 1 aliphatic heterocycles. The summed E-state index contributed by atoms with van der Waals surface area (Å²) in [6, 6.07) is 0. The molecule has 1 aromatic rings. The van der Waals surface area contributed by atoms with E-state index in [-0.39, 0.29) is 0 Å². The van der Waals surface area contributed by atoms with E-state index in [1.807, 2.05) is 4.57 Å². The van der Waals surface area contributed by atoms with E-state index in [4.69, 9.17) is 0 Å². The lowest BCUT2D eigenvalue weighted by atomic mass is 10.4. The van der Waals surface area contributed by atoms with Gasteiger partial charge in [0.25, 0.3) is 0 Å². The van der Waals surface area contributed by atoms with Crippen molar-refractivity contribution in [2.75, 3.05) is 13.7 Å². The number of carbonyl (C=O) groups excluding carboxylic acids is 1. The summed E-state index contributed by atoms with van der Waals surface area (Å²) in [6.07, 6.45) is 0. The molecule has 0 radical (unpaired) electrons. The molecule has 1 N–H and O–H groups in total. The maximum Gasteiger partial charge on any atom is 0.359 e. The van der Waals surface area contributed by atoms with Crippen molar-refractivity contribution in [1.82, 2.24) is 14.9 Å². The molecule has 14 heavy (non-hydrogen) atoms. The summed E-state index contributed by atoms with van der Waals surface area (Å²) >= 11 is 3.35. The number of fused-ring (bicyclic) bond motifs is 1. The summed E-state index contributed by atoms with van der Waals surface area (Å²) in [5.41, 5.74) is 0.353. The van der Waals surface area contributed by atoms with Crippen LogP contribution in [0.15, 0.2) is 4.60 Å². The number of hydrogen-bond acceptors (Lipinski definition) is 4. The third-order valence-corrected chi connectivity index (χ3v) is 2.96. The van der Waals surface area contributed by atoms with Gasteiger partial charge in [0.15, 0.2) is 5.69 Å². The largest absolute Gasteiger partial charge is 0.464 e. The van der Waals surface area contributed by atoms with Gasteiger partial charge in [-0.15, -0.1) is 0 Å². The molecule has 5 nitrogen and oxygen atoms in total. The second-order valence-electron chi connectivity index (χ2n) is 2.99. The third kappa shape index (κ3) is 1.44. The van der Waals surface area contributed by atoms with E-state index in [2.05, 4.69) is 31.0 Å². The normalized spacial score (nSPS) is 15.0. The number of esters is 1. The Kier molecular flexibility index (Phi) is 2.56. The zero-order chi connectivity index (χ0) is 10.1. The molecular weight excluding hydrogens is 250 g/mol. The molecule has 0 saturated heterocycles. The first kappa shape index (κ1) is 9.67. The van der Waals surface area contributed by atoms with Gasteiger partial charge in [-0.05, 0) is 15.9 Å². The molecule has 2 heterocycles. The smallest absolute Gasteiger partial charge is 0.359 e. The minimum atomic E-state index is -0.404. The first-order chi connectivity index (χ1) is 6.74. The van der Waals surface area contributed by atoms with Crippen LogP contribution in [0, 0.1) is 0 Å². The molecule has 0 aliphatic carbocycles. The van der Waals surface area contributed by atoms with Crippen LogP contribution in [0.2, 0.25) is 0 Å². The van der Waals surface area contributed by atoms with Gasteiger partial charge in [0.2, 0.25) is 0 Å². The van der Waals surface area contributed by atoms with E-state index >= 15 is 0 Å². The molecule has 1 aromatic heterocycles. The molecule has 0 unspecified atom stereocenters. The summed E-state index contributed by atoms with van der Waals surface area (Å²) in [6.45, 7) is 2.40.